The number of rotatable bonds is 2. The number of aromatic amines is 1. The van der Waals surface area contributed by atoms with Gasteiger partial charge in [0.15, 0.2) is 6.29 Å². The lowest BCUT2D eigenvalue weighted by Crippen LogP contribution is -2.10. The van der Waals surface area contributed by atoms with E-state index in [0.29, 0.717) is 0 Å². The molecule has 0 radical (unpaired) electrons. The van der Waals surface area contributed by atoms with Crippen LogP contribution in [0.5, 0.6) is 0 Å². The first kappa shape index (κ1) is 13.6. The largest absolute Gasteiger partial charge is 0.354 e. The van der Waals surface area contributed by atoms with Gasteiger partial charge >= 0.3 is 0 Å². The van der Waals surface area contributed by atoms with Crippen molar-refractivity contribution >= 4 is 17.2 Å². The van der Waals surface area contributed by atoms with Crippen molar-refractivity contribution in [3.63, 3.8) is 0 Å². The Kier molecular flexibility index (Phi) is 3.17. The number of aldehydes is 1. The van der Waals surface area contributed by atoms with E-state index in [1.165, 1.54) is 5.56 Å². The monoisotopic (exact) mass is 277 g/mol. The standard InChI is InChI=1S/C19H19NO/c1-19(2,3)14-9-10-17-15(11-14)16(12-21)18(20-17)13-7-5-4-6-8-13/h4-12,20H,1-3H3. The summed E-state index contributed by atoms with van der Waals surface area (Å²) in [6, 6.07) is 16.3. The van der Waals surface area contributed by atoms with Gasteiger partial charge in [0.25, 0.3) is 0 Å². The number of carbonyl (C=O) groups excluding carboxylic acids is 1. The van der Waals surface area contributed by atoms with E-state index in [-0.39, 0.29) is 5.41 Å². The molecule has 3 aromatic rings. The van der Waals surface area contributed by atoms with E-state index in [9.17, 15) is 4.79 Å². The predicted molar refractivity (Wildman–Crippen MR) is 87.8 cm³/mol. The third kappa shape index (κ3) is 2.38. The van der Waals surface area contributed by atoms with Crippen LogP contribution in [0.15, 0.2) is 48.5 Å². The number of hydrogen-bond acceptors (Lipinski definition) is 1. The second-order valence-corrected chi connectivity index (χ2v) is 6.41. The minimum atomic E-state index is 0.0680. The molecule has 0 amide bonds. The molecule has 0 aliphatic carbocycles. The Morgan fingerprint density at radius 2 is 1.71 bits per heavy atom. The third-order valence-corrected chi connectivity index (χ3v) is 3.89. The summed E-state index contributed by atoms with van der Waals surface area (Å²) in [5.41, 5.74) is 4.97. The molecular formula is C19H19NO. The highest BCUT2D eigenvalue weighted by Crippen LogP contribution is 2.32. The normalized spacial score (nSPS) is 11.8. The maximum atomic E-state index is 11.6. The van der Waals surface area contributed by atoms with E-state index in [1.807, 2.05) is 30.3 Å². The lowest BCUT2D eigenvalue weighted by Gasteiger charge is -2.18. The van der Waals surface area contributed by atoms with Crippen LogP contribution < -0.4 is 0 Å². The van der Waals surface area contributed by atoms with Crippen LogP contribution in [0.4, 0.5) is 0 Å². The summed E-state index contributed by atoms with van der Waals surface area (Å²) in [5, 5.41) is 0.997. The summed E-state index contributed by atoms with van der Waals surface area (Å²) >= 11 is 0. The quantitative estimate of drug-likeness (QED) is 0.661. The first-order valence-electron chi connectivity index (χ1n) is 7.17. The molecule has 1 N–H and O–H groups in total. The number of aromatic nitrogens is 1. The second-order valence-electron chi connectivity index (χ2n) is 6.41. The Bertz CT molecular complexity index is 792. The van der Waals surface area contributed by atoms with Crippen LogP contribution in [-0.4, -0.2) is 11.3 Å². The fourth-order valence-corrected chi connectivity index (χ4v) is 2.63. The van der Waals surface area contributed by atoms with E-state index in [0.717, 1.165) is 34.0 Å². The van der Waals surface area contributed by atoms with E-state index in [1.54, 1.807) is 0 Å². The van der Waals surface area contributed by atoms with Gasteiger partial charge in [-0.05, 0) is 28.7 Å². The van der Waals surface area contributed by atoms with Crippen molar-refractivity contribution in [1.29, 1.82) is 0 Å². The van der Waals surface area contributed by atoms with Crippen LogP contribution >= 0.6 is 0 Å². The molecule has 0 bridgehead atoms. The van der Waals surface area contributed by atoms with Gasteiger partial charge < -0.3 is 4.98 Å². The minimum Gasteiger partial charge on any atom is -0.354 e. The van der Waals surface area contributed by atoms with Crippen LogP contribution in [0.25, 0.3) is 22.2 Å². The molecule has 0 aliphatic heterocycles. The van der Waals surface area contributed by atoms with Crippen molar-refractivity contribution in [3.05, 3.63) is 59.7 Å². The van der Waals surface area contributed by atoms with Crippen LogP contribution in [-0.2, 0) is 5.41 Å². The molecule has 0 atom stereocenters. The molecular weight excluding hydrogens is 258 g/mol. The Labute approximate surface area is 124 Å². The lowest BCUT2D eigenvalue weighted by molar-refractivity contribution is 0.112. The highest BCUT2D eigenvalue weighted by atomic mass is 16.1. The summed E-state index contributed by atoms with van der Waals surface area (Å²) in [6.45, 7) is 6.54. The SMILES string of the molecule is CC(C)(C)c1ccc2[nH]c(-c3ccccc3)c(C=O)c2c1. The van der Waals surface area contributed by atoms with Gasteiger partial charge in [0.05, 0.1) is 5.69 Å². The van der Waals surface area contributed by atoms with Crippen molar-refractivity contribution < 1.29 is 4.79 Å². The molecule has 2 nitrogen and oxygen atoms in total. The van der Waals surface area contributed by atoms with E-state index in [2.05, 4.69) is 44.0 Å². The number of fused-ring (bicyclic) bond motifs is 1. The molecule has 1 heterocycles. The molecule has 2 aromatic carbocycles. The second kappa shape index (κ2) is 4.88. The van der Waals surface area contributed by atoms with Gasteiger partial charge in [-0.1, -0.05) is 57.2 Å². The average Bonchev–Trinajstić information content (AvgIpc) is 2.84. The zero-order valence-corrected chi connectivity index (χ0v) is 12.6. The van der Waals surface area contributed by atoms with Crippen LogP contribution in [0.2, 0.25) is 0 Å². The summed E-state index contributed by atoms with van der Waals surface area (Å²) in [6.07, 6.45) is 0.952. The number of hydrogen-bond donors (Lipinski definition) is 1. The van der Waals surface area contributed by atoms with Crippen molar-refractivity contribution in [2.75, 3.05) is 0 Å². The number of nitrogens with one attached hydrogen (secondary N) is 1. The first-order valence-corrected chi connectivity index (χ1v) is 7.17. The maximum Gasteiger partial charge on any atom is 0.152 e. The van der Waals surface area contributed by atoms with Gasteiger partial charge in [0.1, 0.15) is 0 Å². The molecule has 2 heteroatoms. The molecule has 3 rings (SSSR count). The summed E-state index contributed by atoms with van der Waals surface area (Å²) in [7, 11) is 0. The van der Waals surface area contributed by atoms with Crippen LogP contribution in [0, 0.1) is 0 Å². The molecule has 0 aliphatic rings. The number of benzene rings is 2. The summed E-state index contributed by atoms with van der Waals surface area (Å²) in [4.78, 5) is 15.0. The van der Waals surface area contributed by atoms with Crippen molar-refractivity contribution in [2.24, 2.45) is 0 Å². The Hall–Kier alpha value is -2.35. The van der Waals surface area contributed by atoms with E-state index >= 15 is 0 Å². The zero-order chi connectivity index (χ0) is 15.0. The van der Waals surface area contributed by atoms with Gasteiger partial charge in [-0.2, -0.15) is 0 Å². The Balaban J connectivity index is 2.27. The lowest BCUT2D eigenvalue weighted by atomic mass is 9.86. The highest BCUT2D eigenvalue weighted by molar-refractivity contribution is 6.04. The average molecular weight is 277 g/mol. The van der Waals surface area contributed by atoms with Crippen molar-refractivity contribution in [2.45, 2.75) is 26.2 Å². The fraction of sp³-hybridized carbons (Fsp3) is 0.211. The fourth-order valence-electron chi connectivity index (χ4n) is 2.63. The molecule has 21 heavy (non-hydrogen) atoms. The molecule has 0 saturated heterocycles. The first-order chi connectivity index (χ1) is 10.0. The van der Waals surface area contributed by atoms with E-state index < -0.39 is 0 Å². The van der Waals surface area contributed by atoms with Crippen molar-refractivity contribution in [3.8, 4) is 11.3 Å². The Morgan fingerprint density at radius 1 is 1.00 bits per heavy atom. The molecule has 0 saturated carbocycles. The van der Waals surface area contributed by atoms with Gasteiger partial charge in [-0.15, -0.1) is 0 Å². The summed E-state index contributed by atoms with van der Waals surface area (Å²) < 4.78 is 0. The molecule has 0 fully saturated rings. The predicted octanol–water partition coefficient (Wildman–Crippen LogP) is 4.94. The molecule has 0 unspecified atom stereocenters. The molecule has 0 spiro atoms. The van der Waals surface area contributed by atoms with Gasteiger partial charge in [0.2, 0.25) is 0 Å². The molecule has 106 valence electrons. The third-order valence-electron chi connectivity index (χ3n) is 3.89. The number of carbonyl (C=O) groups is 1. The van der Waals surface area contributed by atoms with Gasteiger partial charge in [-0.3, -0.25) is 4.79 Å². The summed E-state index contributed by atoms with van der Waals surface area (Å²) in [5.74, 6) is 0. The highest BCUT2D eigenvalue weighted by Gasteiger charge is 2.17. The smallest absolute Gasteiger partial charge is 0.152 e. The minimum absolute atomic E-state index is 0.0680. The Morgan fingerprint density at radius 3 is 2.33 bits per heavy atom. The van der Waals surface area contributed by atoms with Gasteiger partial charge in [0, 0.05) is 16.5 Å². The van der Waals surface area contributed by atoms with Crippen LogP contribution in [0.1, 0.15) is 36.7 Å². The topological polar surface area (TPSA) is 32.9 Å². The molecule has 1 aromatic heterocycles. The maximum absolute atomic E-state index is 11.6. The van der Waals surface area contributed by atoms with Crippen molar-refractivity contribution in [1.82, 2.24) is 4.98 Å². The van der Waals surface area contributed by atoms with Gasteiger partial charge in [-0.25, -0.2) is 0 Å². The zero-order valence-electron chi connectivity index (χ0n) is 12.6. The number of H-pyrrole nitrogens is 1. The van der Waals surface area contributed by atoms with Crippen LogP contribution in [0.3, 0.4) is 0 Å². The van der Waals surface area contributed by atoms with E-state index in [4.69, 9.17) is 0 Å².